The van der Waals surface area contributed by atoms with E-state index < -0.39 is 18.2 Å². The number of aliphatic hydroxyl groups is 2. The van der Waals surface area contributed by atoms with E-state index in [1.54, 1.807) is 0 Å². The molecule has 1 amide bonds. The average Bonchev–Trinajstić information content (AvgIpc) is 3.18. The van der Waals surface area contributed by atoms with Crippen LogP contribution in [0, 0.1) is 0 Å². The first-order valence-electron chi connectivity index (χ1n) is 23.4. The number of carbonyl (C=O) groups is 2. The molecule has 0 fully saturated rings. The maximum Gasteiger partial charge on any atom is 0.306 e. The van der Waals surface area contributed by atoms with Gasteiger partial charge in [-0.05, 0) is 57.8 Å². The summed E-state index contributed by atoms with van der Waals surface area (Å²) in [7, 11) is 0. The fourth-order valence-electron chi connectivity index (χ4n) is 6.90. The number of aliphatic hydroxyl groups excluding tert-OH is 2. The van der Waals surface area contributed by atoms with Crippen LogP contribution in [0.25, 0.3) is 0 Å². The second-order valence-corrected chi connectivity index (χ2v) is 15.8. The van der Waals surface area contributed by atoms with E-state index in [1.807, 2.05) is 0 Å². The lowest BCUT2D eigenvalue weighted by molar-refractivity contribution is -0.151. The van der Waals surface area contributed by atoms with Gasteiger partial charge in [0.1, 0.15) is 6.10 Å². The molecule has 0 aliphatic carbocycles. The fourth-order valence-corrected chi connectivity index (χ4v) is 6.90. The molecular weight excluding hydrogens is 683 g/mol. The highest BCUT2D eigenvalue weighted by Gasteiger charge is 2.24. The Labute approximate surface area is 340 Å². The highest BCUT2D eigenvalue weighted by molar-refractivity contribution is 5.77. The smallest absolute Gasteiger partial charge is 0.306 e. The van der Waals surface area contributed by atoms with E-state index >= 15 is 0 Å². The van der Waals surface area contributed by atoms with Gasteiger partial charge in [-0.25, -0.2) is 0 Å². The summed E-state index contributed by atoms with van der Waals surface area (Å²) >= 11 is 0. The number of allylic oxidation sites excluding steroid dienone is 8. The van der Waals surface area contributed by atoms with E-state index in [-0.39, 0.29) is 24.9 Å². The molecule has 0 bridgehead atoms. The molecule has 0 aromatic rings. The molecule has 3 unspecified atom stereocenters. The van der Waals surface area contributed by atoms with E-state index in [9.17, 15) is 19.8 Å². The van der Waals surface area contributed by atoms with Crippen molar-refractivity contribution in [3.05, 3.63) is 48.6 Å². The van der Waals surface area contributed by atoms with Gasteiger partial charge >= 0.3 is 5.97 Å². The molecule has 0 aliphatic rings. The van der Waals surface area contributed by atoms with Crippen LogP contribution in [0.2, 0.25) is 0 Å². The SMILES string of the molecule is CC/C=C/C/C=C/C/C=C/C/C=C/CCCC(CC(=O)NC(CO)C(O)CCCCCCCCCCCC)OC(=O)CCCCCCCCCCCCCC. The first-order valence-corrected chi connectivity index (χ1v) is 23.4. The molecule has 6 nitrogen and oxygen atoms in total. The highest BCUT2D eigenvalue weighted by atomic mass is 16.5. The van der Waals surface area contributed by atoms with E-state index in [1.165, 1.54) is 103 Å². The van der Waals surface area contributed by atoms with Gasteiger partial charge in [-0.15, -0.1) is 0 Å². The quantitative estimate of drug-likeness (QED) is 0.0327. The molecule has 0 aliphatic heterocycles. The molecule has 0 aromatic carbocycles. The standard InChI is InChI=1S/C49H89NO5/c1-4-7-10-13-16-19-22-24-25-26-28-31-34-37-40-45(55-49(54)42-39-36-33-30-27-23-20-17-14-11-8-5-2)43-48(53)50-46(44-51)47(52)41-38-35-32-29-21-18-15-12-9-6-3/h7,10,16,19,24-25,28,31,45-47,51-52H,4-6,8-9,11-15,17-18,20-23,26-27,29-30,32-44H2,1-3H3,(H,50,53)/b10-7+,19-16+,25-24+,31-28+. The molecule has 55 heavy (non-hydrogen) atoms. The van der Waals surface area contributed by atoms with Crippen molar-refractivity contribution in [3.8, 4) is 0 Å². The number of amides is 1. The summed E-state index contributed by atoms with van der Waals surface area (Å²) in [6, 6.07) is -0.715. The number of hydrogen-bond acceptors (Lipinski definition) is 5. The Morgan fingerprint density at radius 2 is 0.982 bits per heavy atom. The van der Waals surface area contributed by atoms with Crippen molar-refractivity contribution in [2.45, 2.75) is 244 Å². The summed E-state index contributed by atoms with van der Waals surface area (Å²) in [6.07, 6.45) is 50.3. The summed E-state index contributed by atoms with van der Waals surface area (Å²) in [5.74, 6) is -0.527. The molecule has 0 saturated carbocycles. The Balaban J connectivity index is 4.70. The zero-order chi connectivity index (χ0) is 40.3. The Morgan fingerprint density at radius 3 is 1.45 bits per heavy atom. The van der Waals surface area contributed by atoms with Crippen LogP contribution in [-0.4, -0.2) is 46.9 Å². The minimum atomic E-state index is -0.798. The molecule has 0 heterocycles. The van der Waals surface area contributed by atoms with Gasteiger partial charge in [0.15, 0.2) is 0 Å². The van der Waals surface area contributed by atoms with Crippen molar-refractivity contribution in [2.75, 3.05) is 6.61 Å². The Kier molecular flexibility index (Phi) is 41.2. The second kappa shape index (κ2) is 43.0. The lowest BCUT2D eigenvalue weighted by Crippen LogP contribution is -2.46. The van der Waals surface area contributed by atoms with Crippen LogP contribution in [0.15, 0.2) is 48.6 Å². The zero-order valence-electron chi connectivity index (χ0n) is 36.3. The van der Waals surface area contributed by atoms with Crippen molar-refractivity contribution in [1.29, 1.82) is 0 Å². The lowest BCUT2D eigenvalue weighted by Gasteiger charge is -2.24. The van der Waals surface area contributed by atoms with Crippen molar-refractivity contribution in [1.82, 2.24) is 5.32 Å². The number of hydrogen-bond donors (Lipinski definition) is 3. The molecule has 0 rings (SSSR count). The van der Waals surface area contributed by atoms with Gasteiger partial charge in [0, 0.05) is 6.42 Å². The van der Waals surface area contributed by atoms with Crippen molar-refractivity contribution in [2.24, 2.45) is 0 Å². The first-order chi connectivity index (χ1) is 27.0. The number of rotatable bonds is 41. The summed E-state index contributed by atoms with van der Waals surface area (Å²) in [5, 5.41) is 23.6. The van der Waals surface area contributed by atoms with Crippen LogP contribution >= 0.6 is 0 Å². The molecule has 3 atom stereocenters. The van der Waals surface area contributed by atoms with Gasteiger partial charge in [-0.3, -0.25) is 9.59 Å². The fraction of sp³-hybridized carbons (Fsp3) is 0.796. The summed E-state index contributed by atoms with van der Waals surface area (Å²) in [4.78, 5) is 26.0. The first kappa shape index (κ1) is 52.8. The number of unbranched alkanes of at least 4 members (excludes halogenated alkanes) is 21. The van der Waals surface area contributed by atoms with Gasteiger partial charge in [-0.2, -0.15) is 0 Å². The number of esters is 1. The van der Waals surface area contributed by atoms with Gasteiger partial charge in [-0.1, -0.05) is 204 Å². The van der Waals surface area contributed by atoms with Crippen molar-refractivity contribution < 1.29 is 24.5 Å². The monoisotopic (exact) mass is 772 g/mol. The summed E-state index contributed by atoms with van der Waals surface area (Å²) < 4.78 is 5.88. The average molecular weight is 772 g/mol. The third kappa shape index (κ3) is 38.5. The van der Waals surface area contributed by atoms with Gasteiger partial charge in [0.25, 0.3) is 0 Å². The lowest BCUT2D eigenvalue weighted by atomic mass is 10.0. The van der Waals surface area contributed by atoms with Crippen molar-refractivity contribution in [3.63, 3.8) is 0 Å². The maximum atomic E-state index is 13.1. The molecule has 0 radical (unpaired) electrons. The van der Waals surface area contributed by atoms with Crippen molar-refractivity contribution >= 4 is 11.9 Å². The predicted molar refractivity (Wildman–Crippen MR) is 236 cm³/mol. The summed E-state index contributed by atoms with van der Waals surface area (Å²) in [5.41, 5.74) is 0. The van der Waals surface area contributed by atoms with E-state index in [2.05, 4.69) is 74.7 Å². The van der Waals surface area contributed by atoms with Crippen LogP contribution in [0.5, 0.6) is 0 Å². The predicted octanol–water partition coefficient (Wildman–Crippen LogP) is 13.5. The molecule has 6 heteroatoms. The highest BCUT2D eigenvalue weighted by Crippen LogP contribution is 2.17. The maximum absolute atomic E-state index is 13.1. The Bertz CT molecular complexity index is 957. The molecule has 0 aromatic heterocycles. The van der Waals surface area contributed by atoms with Crippen LogP contribution in [-0.2, 0) is 14.3 Å². The van der Waals surface area contributed by atoms with Crippen LogP contribution in [0.3, 0.4) is 0 Å². The third-order valence-electron chi connectivity index (χ3n) is 10.4. The van der Waals surface area contributed by atoms with Crippen LogP contribution < -0.4 is 5.32 Å². The number of nitrogens with one attached hydrogen (secondary N) is 1. The molecular formula is C49H89NO5. The van der Waals surface area contributed by atoms with E-state index in [0.29, 0.717) is 19.3 Å². The largest absolute Gasteiger partial charge is 0.462 e. The van der Waals surface area contributed by atoms with Gasteiger partial charge in [0.2, 0.25) is 5.91 Å². The minimum absolute atomic E-state index is 0.0415. The van der Waals surface area contributed by atoms with E-state index in [0.717, 1.165) is 77.0 Å². The van der Waals surface area contributed by atoms with E-state index in [4.69, 9.17) is 4.74 Å². The number of ether oxygens (including phenoxy) is 1. The van der Waals surface area contributed by atoms with Crippen LogP contribution in [0.1, 0.15) is 226 Å². The van der Waals surface area contributed by atoms with Gasteiger partial charge in [0.05, 0.1) is 25.2 Å². The molecule has 0 saturated heterocycles. The van der Waals surface area contributed by atoms with Gasteiger partial charge < -0.3 is 20.3 Å². The summed E-state index contributed by atoms with van der Waals surface area (Å²) in [6.45, 7) is 6.33. The zero-order valence-corrected chi connectivity index (χ0v) is 36.3. The number of carbonyl (C=O) groups excluding carboxylic acids is 2. The molecule has 0 spiro atoms. The minimum Gasteiger partial charge on any atom is -0.462 e. The topological polar surface area (TPSA) is 95.9 Å². The molecule has 320 valence electrons. The third-order valence-corrected chi connectivity index (χ3v) is 10.4. The normalized spacial score (nSPS) is 13.8. The van der Waals surface area contributed by atoms with Crippen LogP contribution in [0.4, 0.5) is 0 Å². The molecule has 3 N–H and O–H groups in total. The Morgan fingerprint density at radius 1 is 0.545 bits per heavy atom. The Hall–Kier alpha value is -2.18. The second-order valence-electron chi connectivity index (χ2n) is 15.8.